The van der Waals surface area contributed by atoms with E-state index in [0.717, 1.165) is 12.1 Å². The van der Waals surface area contributed by atoms with Crippen LogP contribution in [0, 0.1) is 5.82 Å². The molecule has 2 aliphatic rings. The van der Waals surface area contributed by atoms with Crippen LogP contribution in [0.4, 0.5) is 4.39 Å². The first-order valence-electron chi connectivity index (χ1n) is 7.48. The first-order chi connectivity index (χ1) is 11.5. The number of rotatable bonds is 3. The number of piperazine rings is 1. The van der Waals surface area contributed by atoms with Crippen LogP contribution in [0.1, 0.15) is 0 Å². The molecule has 9 heteroatoms. The quantitative estimate of drug-likeness (QED) is 0.790. The molecule has 2 heterocycles. The van der Waals surface area contributed by atoms with E-state index < -0.39 is 15.8 Å². The SMILES string of the molecule is O=C(C1=COCCO1)N1CCN(S(=O)(=O)c2ccc(F)cc2)CC1. The van der Waals surface area contributed by atoms with Crippen molar-refractivity contribution >= 4 is 15.9 Å². The third-order valence-electron chi connectivity index (χ3n) is 3.84. The fourth-order valence-electron chi connectivity index (χ4n) is 2.52. The molecular weight excluding hydrogens is 339 g/mol. The molecule has 0 unspecified atom stereocenters. The first-order valence-corrected chi connectivity index (χ1v) is 8.92. The summed E-state index contributed by atoms with van der Waals surface area (Å²) in [6.45, 7) is 1.55. The fraction of sp³-hybridized carbons (Fsp3) is 0.400. The zero-order valence-electron chi connectivity index (χ0n) is 12.9. The third-order valence-corrected chi connectivity index (χ3v) is 5.75. The highest BCUT2D eigenvalue weighted by Crippen LogP contribution is 2.19. The molecule has 7 nitrogen and oxygen atoms in total. The Morgan fingerprint density at radius 3 is 2.29 bits per heavy atom. The molecule has 0 bridgehead atoms. The average Bonchev–Trinajstić information content (AvgIpc) is 2.62. The Morgan fingerprint density at radius 1 is 1.04 bits per heavy atom. The van der Waals surface area contributed by atoms with Crippen molar-refractivity contribution < 1.29 is 27.1 Å². The minimum Gasteiger partial charge on any atom is -0.494 e. The summed E-state index contributed by atoms with van der Waals surface area (Å²) in [5.41, 5.74) is 0. The van der Waals surface area contributed by atoms with E-state index >= 15 is 0 Å². The molecule has 1 aromatic rings. The molecule has 0 spiro atoms. The second-order valence-electron chi connectivity index (χ2n) is 5.35. The lowest BCUT2D eigenvalue weighted by atomic mass is 10.3. The lowest BCUT2D eigenvalue weighted by molar-refractivity contribution is -0.133. The zero-order chi connectivity index (χ0) is 17.2. The van der Waals surface area contributed by atoms with Gasteiger partial charge in [-0.15, -0.1) is 0 Å². The standard InChI is InChI=1S/C15H17FN2O5S/c16-12-1-3-13(4-2-12)24(20,21)18-7-5-17(6-8-18)15(19)14-11-22-9-10-23-14/h1-4,11H,5-10H2. The Balaban J connectivity index is 1.65. The number of ether oxygens (including phenoxy) is 2. The molecule has 0 atom stereocenters. The van der Waals surface area contributed by atoms with E-state index in [-0.39, 0.29) is 42.7 Å². The number of nitrogens with zero attached hydrogens (tertiary/aromatic N) is 2. The van der Waals surface area contributed by atoms with Crippen molar-refractivity contribution in [2.24, 2.45) is 0 Å². The van der Waals surface area contributed by atoms with Crippen molar-refractivity contribution in [1.29, 1.82) is 0 Å². The second-order valence-corrected chi connectivity index (χ2v) is 7.29. The molecule has 2 aliphatic heterocycles. The summed E-state index contributed by atoms with van der Waals surface area (Å²) in [7, 11) is -3.69. The number of sulfonamides is 1. The number of benzene rings is 1. The molecule has 3 rings (SSSR count). The summed E-state index contributed by atoms with van der Waals surface area (Å²) in [6, 6.07) is 4.69. The molecule has 1 amide bonds. The molecular formula is C15H17FN2O5S. The van der Waals surface area contributed by atoms with Gasteiger partial charge in [-0.1, -0.05) is 0 Å². The molecule has 1 saturated heterocycles. The van der Waals surface area contributed by atoms with Crippen LogP contribution in [0.5, 0.6) is 0 Å². The van der Waals surface area contributed by atoms with Crippen LogP contribution in [0.3, 0.4) is 0 Å². The van der Waals surface area contributed by atoms with Crippen molar-refractivity contribution in [3.63, 3.8) is 0 Å². The van der Waals surface area contributed by atoms with Gasteiger partial charge in [-0.25, -0.2) is 12.8 Å². The van der Waals surface area contributed by atoms with Crippen LogP contribution in [0.25, 0.3) is 0 Å². The maximum Gasteiger partial charge on any atom is 0.292 e. The van der Waals surface area contributed by atoms with Gasteiger partial charge >= 0.3 is 0 Å². The van der Waals surface area contributed by atoms with Crippen LogP contribution in [0.2, 0.25) is 0 Å². The molecule has 0 aliphatic carbocycles. The largest absolute Gasteiger partial charge is 0.494 e. The summed E-state index contributed by atoms with van der Waals surface area (Å²) in [4.78, 5) is 13.8. The topological polar surface area (TPSA) is 76.2 Å². The second kappa shape index (κ2) is 6.78. The van der Waals surface area contributed by atoms with Crippen LogP contribution < -0.4 is 0 Å². The molecule has 1 fully saturated rings. The van der Waals surface area contributed by atoms with Gasteiger partial charge in [0.25, 0.3) is 5.91 Å². The van der Waals surface area contributed by atoms with Crippen LogP contribution in [-0.4, -0.2) is 62.9 Å². The van der Waals surface area contributed by atoms with Crippen LogP contribution in [-0.2, 0) is 24.3 Å². The highest BCUT2D eigenvalue weighted by molar-refractivity contribution is 7.89. The number of amides is 1. The normalized spacial score (nSPS) is 19.2. The van der Waals surface area contributed by atoms with Gasteiger partial charge in [0.15, 0.2) is 0 Å². The Hall–Kier alpha value is -2.13. The minimum atomic E-state index is -3.69. The number of carbonyl (C=O) groups is 1. The van der Waals surface area contributed by atoms with E-state index in [1.54, 1.807) is 0 Å². The molecule has 0 saturated carbocycles. The highest BCUT2D eigenvalue weighted by atomic mass is 32.2. The lowest BCUT2D eigenvalue weighted by Gasteiger charge is -2.34. The van der Waals surface area contributed by atoms with Gasteiger partial charge in [0, 0.05) is 26.2 Å². The molecule has 0 radical (unpaired) electrons. The van der Waals surface area contributed by atoms with Crippen molar-refractivity contribution in [3.05, 3.63) is 42.1 Å². The molecule has 0 N–H and O–H groups in total. The van der Waals surface area contributed by atoms with E-state index in [1.807, 2.05) is 0 Å². The summed E-state index contributed by atoms with van der Waals surface area (Å²) in [5.74, 6) is -0.669. The molecule has 0 aromatic heterocycles. The van der Waals surface area contributed by atoms with Crippen molar-refractivity contribution in [1.82, 2.24) is 9.21 Å². The van der Waals surface area contributed by atoms with Gasteiger partial charge in [0.1, 0.15) is 25.3 Å². The molecule has 1 aromatic carbocycles. The summed E-state index contributed by atoms with van der Waals surface area (Å²) in [5, 5.41) is 0. The average molecular weight is 356 g/mol. The van der Waals surface area contributed by atoms with Crippen molar-refractivity contribution in [2.45, 2.75) is 4.90 Å². The number of hydrogen-bond acceptors (Lipinski definition) is 5. The van der Waals surface area contributed by atoms with Crippen molar-refractivity contribution in [3.8, 4) is 0 Å². The summed E-state index contributed by atoms with van der Waals surface area (Å²) >= 11 is 0. The smallest absolute Gasteiger partial charge is 0.292 e. The van der Waals surface area contributed by atoms with Crippen LogP contribution >= 0.6 is 0 Å². The van der Waals surface area contributed by atoms with E-state index in [0.29, 0.717) is 13.2 Å². The third kappa shape index (κ3) is 3.36. The van der Waals surface area contributed by atoms with E-state index in [4.69, 9.17) is 9.47 Å². The predicted octanol–water partition coefficient (Wildman–Crippen LogP) is 0.547. The predicted molar refractivity (Wildman–Crippen MR) is 81.7 cm³/mol. The van der Waals surface area contributed by atoms with Gasteiger partial charge in [0.05, 0.1) is 4.90 Å². The van der Waals surface area contributed by atoms with Gasteiger partial charge in [-0.05, 0) is 24.3 Å². The van der Waals surface area contributed by atoms with Gasteiger partial charge in [-0.3, -0.25) is 4.79 Å². The van der Waals surface area contributed by atoms with Crippen molar-refractivity contribution in [2.75, 3.05) is 39.4 Å². The van der Waals surface area contributed by atoms with E-state index in [2.05, 4.69) is 0 Å². The number of halogens is 1. The van der Waals surface area contributed by atoms with E-state index in [1.165, 1.54) is 27.6 Å². The summed E-state index contributed by atoms with van der Waals surface area (Å²) in [6.07, 6.45) is 1.29. The highest BCUT2D eigenvalue weighted by Gasteiger charge is 2.31. The fourth-order valence-corrected chi connectivity index (χ4v) is 3.95. The maximum absolute atomic E-state index is 13.0. The molecule has 130 valence electrons. The Kier molecular flexibility index (Phi) is 4.72. The van der Waals surface area contributed by atoms with Gasteiger partial charge in [-0.2, -0.15) is 4.31 Å². The monoisotopic (exact) mass is 356 g/mol. The summed E-state index contributed by atoms with van der Waals surface area (Å²) < 4.78 is 49.6. The number of carbonyl (C=O) groups excluding carboxylic acids is 1. The van der Waals surface area contributed by atoms with Gasteiger partial charge < -0.3 is 14.4 Å². The van der Waals surface area contributed by atoms with Crippen LogP contribution in [0.15, 0.2) is 41.2 Å². The molecule has 24 heavy (non-hydrogen) atoms. The first kappa shape index (κ1) is 16.7. The lowest BCUT2D eigenvalue weighted by Crippen LogP contribution is -2.51. The van der Waals surface area contributed by atoms with Gasteiger partial charge in [0.2, 0.25) is 15.8 Å². The zero-order valence-corrected chi connectivity index (χ0v) is 13.7. The maximum atomic E-state index is 13.0. The Morgan fingerprint density at radius 2 is 1.71 bits per heavy atom. The minimum absolute atomic E-state index is 0.0374. The Labute approximate surface area is 139 Å². The van der Waals surface area contributed by atoms with E-state index in [9.17, 15) is 17.6 Å². The number of hydrogen-bond donors (Lipinski definition) is 0. The Bertz CT molecular complexity index is 740.